The summed E-state index contributed by atoms with van der Waals surface area (Å²) in [7, 11) is 1.52. The topological polar surface area (TPSA) is 74.6 Å². The molecule has 7 nitrogen and oxygen atoms in total. The first-order chi connectivity index (χ1) is 13.1. The van der Waals surface area contributed by atoms with Crippen molar-refractivity contribution in [1.82, 2.24) is 9.91 Å². The number of rotatable bonds is 6. The van der Waals surface area contributed by atoms with E-state index >= 15 is 0 Å². The SMILES string of the molecule is CCC1SC(=O)N(C(CC)N2CCOCC2)N=C1c1ccc(O)c(OC)c1. The lowest BCUT2D eigenvalue weighted by molar-refractivity contribution is -0.0191. The van der Waals surface area contributed by atoms with Gasteiger partial charge in [-0.3, -0.25) is 9.69 Å². The Hall–Kier alpha value is -1.77. The molecule has 0 spiro atoms. The summed E-state index contributed by atoms with van der Waals surface area (Å²) in [5.74, 6) is 0.491. The number of phenolic OH excluding ortho intramolecular Hbond substituents is 1. The molecule has 27 heavy (non-hydrogen) atoms. The van der Waals surface area contributed by atoms with Gasteiger partial charge < -0.3 is 14.6 Å². The number of carbonyl (C=O) groups is 1. The molecule has 1 aromatic carbocycles. The number of ether oxygens (including phenoxy) is 2. The summed E-state index contributed by atoms with van der Waals surface area (Å²) in [5, 5.41) is 16.3. The maximum absolute atomic E-state index is 12.8. The molecule has 2 unspecified atom stereocenters. The van der Waals surface area contributed by atoms with Crippen LogP contribution in [0.4, 0.5) is 4.79 Å². The molecule has 1 N–H and O–H groups in total. The van der Waals surface area contributed by atoms with Crippen molar-refractivity contribution in [2.45, 2.75) is 38.1 Å². The molecule has 1 saturated heterocycles. The monoisotopic (exact) mass is 393 g/mol. The number of benzene rings is 1. The van der Waals surface area contributed by atoms with Gasteiger partial charge in [-0.1, -0.05) is 25.6 Å². The minimum absolute atomic E-state index is 0.0188. The molecule has 3 rings (SSSR count). The molecule has 2 aliphatic heterocycles. The summed E-state index contributed by atoms with van der Waals surface area (Å²) in [4.78, 5) is 15.1. The zero-order valence-electron chi connectivity index (χ0n) is 16.1. The smallest absolute Gasteiger partial charge is 0.303 e. The highest BCUT2D eigenvalue weighted by molar-refractivity contribution is 8.14. The summed E-state index contributed by atoms with van der Waals surface area (Å²) in [6.07, 6.45) is 1.50. The van der Waals surface area contributed by atoms with Crippen molar-refractivity contribution in [3.05, 3.63) is 23.8 Å². The Labute approximate surface area is 164 Å². The molecule has 1 amide bonds. The van der Waals surface area contributed by atoms with E-state index in [1.54, 1.807) is 17.1 Å². The third kappa shape index (κ3) is 4.23. The van der Waals surface area contributed by atoms with Gasteiger partial charge in [0.2, 0.25) is 0 Å². The van der Waals surface area contributed by atoms with E-state index < -0.39 is 0 Å². The Kier molecular flexibility index (Phi) is 6.62. The number of aromatic hydroxyl groups is 1. The summed E-state index contributed by atoms with van der Waals surface area (Å²) in [6.45, 7) is 7.06. The minimum Gasteiger partial charge on any atom is -0.504 e. The summed E-state index contributed by atoms with van der Waals surface area (Å²) < 4.78 is 10.7. The van der Waals surface area contributed by atoms with Crippen LogP contribution in [-0.2, 0) is 4.74 Å². The van der Waals surface area contributed by atoms with Gasteiger partial charge in [0.15, 0.2) is 11.5 Å². The first-order valence-corrected chi connectivity index (χ1v) is 10.2. The van der Waals surface area contributed by atoms with Gasteiger partial charge >= 0.3 is 5.24 Å². The number of methoxy groups -OCH3 is 1. The number of amides is 1. The van der Waals surface area contributed by atoms with Gasteiger partial charge in [0.25, 0.3) is 0 Å². The zero-order valence-corrected chi connectivity index (χ0v) is 16.9. The second kappa shape index (κ2) is 8.95. The Balaban J connectivity index is 1.96. The lowest BCUT2D eigenvalue weighted by Crippen LogP contribution is -2.53. The predicted octanol–water partition coefficient (Wildman–Crippen LogP) is 3.12. The predicted molar refractivity (Wildman–Crippen MR) is 107 cm³/mol. The largest absolute Gasteiger partial charge is 0.504 e. The Morgan fingerprint density at radius 1 is 1.37 bits per heavy atom. The maximum Gasteiger partial charge on any atom is 0.303 e. The normalized spacial score (nSPS) is 22.5. The van der Waals surface area contributed by atoms with Crippen molar-refractivity contribution in [2.75, 3.05) is 33.4 Å². The van der Waals surface area contributed by atoms with Gasteiger partial charge in [0.05, 0.1) is 31.3 Å². The number of thioether (sulfide) groups is 1. The molecular formula is C19H27N3O4S. The van der Waals surface area contributed by atoms with E-state index in [1.807, 2.05) is 13.0 Å². The zero-order chi connectivity index (χ0) is 19.4. The van der Waals surface area contributed by atoms with Crippen LogP contribution in [0.1, 0.15) is 32.3 Å². The highest BCUT2D eigenvalue weighted by atomic mass is 32.2. The van der Waals surface area contributed by atoms with Crippen molar-refractivity contribution < 1.29 is 19.4 Å². The van der Waals surface area contributed by atoms with Crippen LogP contribution < -0.4 is 4.74 Å². The van der Waals surface area contributed by atoms with Gasteiger partial charge in [-0.2, -0.15) is 5.10 Å². The van der Waals surface area contributed by atoms with Crippen molar-refractivity contribution in [1.29, 1.82) is 0 Å². The highest BCUT2D eigenvalue weighted by Crippen LogP contribution is 2.34. The van der Waals surface area contributed by atoms with Crippen molar-refractivity contribution in [2.24, 2.45) is 5.10 Å². The molecule has 0 radical (unpaired) electrons. The lowest BCUT2D eigenvalue weighted by Gasteiger charge is -2.40. The lowest BCUT2D eigenvalue weighted by atomic mass is 10.0. The van der Waals surface area contributed by atoms with Gasteiger partial charge in [-0.05, 0) is 31.0 Å². The van der Waals surface area contributed by atoms with Gasteiger partial charge in [-0.25, -0.2) is 5.01 Å². The summed E-state index contributed by atoms with van der Waals surface area (Å²) >= 11 is 1.32. The fourth-order valence-corrected chi connectivity index (χ4v) is 4.44. The number of phenols is 1. The van der Waals surface area contributed by atoms with Crippen molar-refractivity contribution >= 4 is 22.7 Å². The van der Waals surface area contributed by atoms with Crippen LogP contribution in [0.15, 0.2) is 23.3 Å². The van der Waals surface area contributed by atoms with Crippen LogP contribution >= 0.6 is 11.8 Å². The van der Waals surface area contributed by atoms with E-state index in [-0.39, 0.29) is 22.4 Å². The number of carbonyl (C=O) groups excluding carboxylic acids is 1. The molecule has 8 heteroatoms. The third-order valence-electron chi connectivity index (χ3n) is 4.91. The number of morpholine rings is 1. The Morgan fingerprint density at radius 3 is 2.74 bits per heavy atom. The van der Waals surface area contributed by atoms with Crippen LogP contribution in [0, 0.1) is 0 Å². The number of hydrogen-bond donors (Lipinski definition) is 1. The summed E-state index contributed by atoms with van der Waals surface area (Å²) in [5.41, 5.74) is 1.70. The molecule has 1 fully saturated rings. The molecule has 0 saturated carbocycles. The fraction of sp³-hybridized carbons (Fsp3) is 0.579. The molecule has 148 valence electrons. The molecule has 0 aliphatic carbocycles. The van der Waals surface area contributed by atoms with E-state index in [0.29, 0.717) is 19.0 Å². The van der Waals surface area contributed by atoms with E-state index in [4.69, 9.17) is 14.6 Å². The Morgan fingerprint density at radius 2 is 2.11 bits per heavy atom. The van der Waals surface area contributed by atoms with Crippen LogP contribution in [-0.4, -0.2) is 70.8 Å². The van der Waals surface area contributed by atoms with Crippen LogP contribution in [0.25, 0.3) is 0 Å². The van der Waals surface area contributed by atoms with E-state index in [9.17, 15) is 9.90 Å². The van der Waals surface area contributed by atoms with Crippen molar-refractivity contribution in [3.8, 4) is 11.5 Å². The van der Waals surface area contributed by atoms with Gasteiger partial charge in [-0.15, -0.1) is 0 Å². The second-order valence-corrected chi connectivity index (χ2v) is 7.69. The van der Waals surface area contributed by atoms with E-state index in [0.717, 1.165) is 37.2 Å². The van der Waals surface area contributed by atoms with E-state index in [2.05, 4.69) is 11.8 Å². The van der Waals surface area contributed by atoms with Crippen LogP contribution in [0.3, 0.4) is 0 Å². The first-order valence-electron chi connectivity index (χ1n) is 9.36. The van der Waals surface area contributed by atoms with E-state index in [1.165, 1.54) is 18.9 Å². The highest BCUT2D eigenvalue weighted by Gasteiger charge is 2.36. The Bertz CT molecular complexity index is 706. The maximum atomic E-state index is 12.8. The first kappa shape index (κ1) is 20.0. The molecule has 2 aliphatic rings. The number of hydrazone groups is 1. The molecule has 0 aromatic heterocycles. The van der Waals surface area contributed by atoms with Crippen LogP contribution in [0.5, 0.6) is 11.5 Å². The van der Waals surface area contributed by atoms with Crippen LogP contribution in [0.2, 0.25) is 0 Å². The quantitative estimate of drug-likeness (QED) is 0.800. The molecular weight excluding hydrogens is 366 g/mol. The summed E-state index contributed by atoms with van der Waals surface area (Å²) in [6, 6.07) is 5.21. The second-order valence-electron chi connectivity index (χ2n) is 6.53. The molecule has 1 aromatic rings. The number of nitrogens with zero attached hydrogens (tertiary/aromatic N) is 3. The standard InChI is InChI=1S/C19H27N3O4S/c1-4-16-18(13-6-7-14(23)15(12-13)25-3)20-22(19(24)27-16)17(5-2)21-8-10-26-11-9-21/h6-7,12,16-17,23H,4-5,8-11H2,1-3H3. The fourth-order valence-electron chi connectivity index (χ4n) is 3.46. The van der Waals surface area contributed by atoms with Crippen molar-refractivity contribution in [3.63, 3.8) is 0 Å². The van der Waals surface area contributed by atoms with Gasteiger partial charge in [0, 0.05) is 18.7 Å². The van der Waals surface area contributed by atoms with Gasteiger partial charge in [0.1, 0.15) is 6.17 Å². The average Bonchev–Trinajstić information content (AvgIpc) is 2.70. The molecule has 2 atom stereocenters. The molecule has 0 bridgehead atoms. The third-order valence-corrected chi connectivity index (χ3v) is 6.14. The minimum atomic E-state index is -0.0827. The molecule has 2 heterocycles. The average molecular weight is 394 g/mol. The number of hydrogen-bond acceptors (Lipinski definition) is 7.